The fourth-order valence-electron chi connectivity index (χ4n) is 3.47. The lowest BCUT2D eigenvalue weighted by Crippen LogP contribution is -2.53. The molecule has 2 N–H and O–H groups in total. The average molecular weight is 390 g/mol. The first-order chi connectivity index (χ1) is 13.6. The van der Waals surface area contributed by atoms with Crippen LogP contribution in [0.2, 0.25) is 0 Å². The fourth-order valence-corrected chi connectivity index (χ4v) is 3.47. The largest absolute Gasteiger partial charge is 0.374 e. The second kappa shape index (κ2) is 12.8. The molecule has 0 bridgehead atoms. The molecule has 1 aromatic carbocycles. The van der Waals surface area contributed by atoms with Crippen molar-refractivity contribution in [2.24, 2.45) is 4.99 Å². The van der Waals surface area contributed by atoms with Gasteiger partial charge in [-0.25, -0.2) is 0 Å². The summed E-state index contributed by atoms with van der Waals surface area (Å²) in [5, 5.41) is 6.85. The van der Waals surface area contributed by atoms with Crippen molar-refractivity contribution in [2.75, 3.05) is 59.5 Å². The van der Waals surface area contributed by atoms with Crippen LogP contribution in [0.3, 0.4) is 0 Å². The number of nitrogens with one attached hydrogen (secondary N) is 2. The summed E-state index contributed by atoms with van der Waals surface area (Å²) >= 11 is 0. The third-order valence-electron chi connectivity index (χ3n) is 5.52. The molecule has 1 aliphatic heterocycles. The van der Waals surface area contributed by atoms with Crippen molar-refractivity contribution in [3.8, 4) is 0 Å². The topological polar surface area (TPSA) is 52.1 Å². The predicted molar refractivity (Wildman–Crippen MR) is 118 cm³/mol. The highest BCUT2D eigenvalue weighted by molar-refractivity contribution is 5.79. The van der Waals surface area contributed by atoms with Crippen molar-refractivity contribution in [3.05, 3.63) is 35.9 Å². The molecule has 0 radical (unpaired) electrons. The van der Waals surface area contributed by atoms with Gasteiger partial charge in [0.15, 0.2) is 5.96 Å². The summed E-state index contributed by atoms with van der Waals surface area (Å²) in [5.41, 5.74) is 1.22. The number of benzene rings is 1. The van der Waals surface area contributed by atoms with Gasteiger partial charge < -0.3 is 20.3 Å². The molecule has 2 rings (SSSR count). The molecule has 6 heteroatoms. The van der Waals surface area contributed by atoms with Gasteiger partial charge in [-0.2, -0.15) is 0 Å². The molecule has 1 heterocycles. The molecule has 0 aromatic heterocycles. The Balaban J connectivity index is 1.57. The van der Waals surface area contributed by atoms with Crippen LogP contribution in [0.25, 0.3) is 0 Å². The van der Waals surface area contributed by atoms with Gasteiger partial charge in [-0.3, -0.25) is 9.89 Å². The number of piperazine rings is 1. The SMILES string of the molecule is CCN1CCN(C(C)CNC(=NC)NCCCOC(C)c2ccccc2)CC1. The standard InChI is InChI=1S/C22H39N5O/c1-5-26-13-15-27(16-14-26)19(2)18-25-22(23-4)24-12-9-17-28-20(3)21-10-7-6-8-11-21/h6-8,10-11,19-20H,5,9,12-18H2,1-4H3,(H2,23,24,25). The Morgan fingerprint density at radius 1 is 1.11 bits per heavy atom. The number of hydrogen-bond acceptors (Lipinski definition) is 4. The molecule has 2 atom stereocenters. The quantitative estimate of drug-likeness (QED) is 0.365. The molecule has 158 valence electrons. The van der Waals surface area contributed by atoms with Crippen molar-refractivity contribution in [2.45, 2.75) is 39.3 Å². The summed E-state index contributed by atoms with van der Waals surface area (Å²) in [5.74, 6) is 0.871. The first kappa shape index (κ1) is 22.7. The van der Waals surface area contributed by atoms with Crippen LogP contribution < -0.4 is 10.6 Å². The van der Waals surface area contributed by atoms with Gasteiger partial charge in [0.1, 0.15) is 0 Å². The van der Waals surface area contributed by atoms with Crippen molar-refractivity contribution < 1.29 is 4.74 Å². The Morgan fingerprint density at radius 2 is 1.82 bits per heavy atom. The lowest BCUT2D eigenvalue weighted by Gasteiger charge is -2.37. The lowest BCUT2D eigenvalue weighted by atomic mass is 10.1. The number of guanidine groups is 1. The van der Waals surface area contributed by atoms with Crippen LogP contribution in [0, 0.1) is 0 Å². The number of rotatable bonds is 10. The van der Waals surface area contributed by atoms with E-state index < -0.39 is 0 Å². The van der Waals surface area contributed by atoms with Crippen LogP contribution in [-0.4, -0.2) is 81.3 Å². The maximum atomic E-state index is 5.93. The molecule has 1 aliphatic rings. The smallest absolute Gasteiger partial charge is 0.191 e. The highest BCUT2D eigenvalue weighted by atomic mass is 16.5. The van der Waals surface area contributed by atoms with E-state index >= 15 is 0 Å². The molecule has 0 aliphatic carbocycles. The number of ether oxygens (including phenoxy) is 1. The van der Waals surface area contributed by atoms with Crippen molar-refractivity contribution in [3.63, 3.8) is 0 Å². The monoisotopic (exact) mass is 389 g/mol. The number of hydrogen-bond donors (Lipinski definition) is 2. The van der Waals surface area contributed by atoms with E-state index in [1.165, 1.54) is 18.7 Å². The molecule has 2 unspecified atom stereocenters. The van der Waals surface area contributed by atoms with Crippen LogP contribution in [0.5, 0.6) is 0 Å². The first-order valence-corrected chi connectivity index (χ1v) is 10.7. The van der Waals surface area contributed by atoms with Gasteiger partial charge in [0.25, 0.3) is 0 Å². The summed E-state index contributed by atoms with van der Waals surface area (Å²) in [7, 11) is 1.83. The minimum absolute atomic E-state index is 0.132. The van der Waals surface area contributed by atoms with Gasteiger partial charge in [-0.15, -0.1) is 0 Å². The molecular formula is C22H39N5O. The van der Waals surface area contributed by atoms with Crippen molar-refractivity contribution >= 4 is 5.96 Å². The Bertz CT molecular complexity index is 557. The number of likely N-dealkylation sites (N-methyl/N-ethyl adjacent to an activating group) is 1. The molecule has 1 fully saturated rings. The Kier molecular flexibility index (Phi) is 10.3. The third kappa shape index (κ3) is 7.78. The van der Waals surface area contributed by atoms with Gasteiger partial charge in [-0.05, 0) is 32.4 Å². The molecule has 28 heavy (non-hydrogen) atoms. The highest BCUT2D eigenvalue weighted by Crippen LogP contribution is 2.15. The van der Waals surface area contributed by atoms with E-state index in [1.54, 1.807) is 0 Å². The molecule has 6 nitrogen and oxygen atoms in total. The Morgan fingerprint density at radius 3 is 2.46 bits per heavy atom. The third-order valence-corrected chi connectivity index (χ3v) is 5.52. The van der Waals surface area contributed by atoms with E-state index in [9.17, 15) is 0 Å². The number of aliphatic imine (C=N–C) groups is 1. The molecule has 0 saturated carbocycles. The minimum Gasteiger partial charge on any atom is -0.374 e. The summed E-state index contributed by atoms with van der Waals surface area (Å²) in [6, 6.07) is 10.9. The lowest BCUT2D eigenvalue weighted by molar-refractivity contribution is 0.0646. The van der Waals surface area contributed by atoms with E-state index in [0.29, 0.717) is 6.04 Å². The van der Waals surface area contributed by atoms with Crippen LogP contribution in [0.4, 0.5) is 0 Å². The second-order valence-electron chi connectivity index (χ2n) is 7.48. The zero-order chi connectivity index (χ0) is 20.2. The Hall–Kier alpha value is -1.63. The summed E-state index contributed by atoms with van der Waals surface area (Å²) < 4.78 is 5.93. The minimum atomic E-state index is 0.132. The van der Waals surface area contributed by atoms with Gasteiger partial charge >= 0.3 is 0 Å². The number of nitrogens with zero attached hydrogens (tertiary/aromatic N) is 3. The molecular weight excluding hydrogens is 350 g/mol. The maximum Gasteiger partial charge on any atom is 0.191 e. The average Bonchev–Trinajstić information content (AvgIpc) is 2.75. The first-order valence-electron chi connectivity index (χ1n) is 10.7. The van der Waals surface area contributed by atoms with Crippen LogP contribution in [-0.2, 0) is 4.74 Å². The highest BCUT2D eigenvalue weighted by Gasteiger charge is 2.20. The van der Waals surface area contributed by atoms with Crippen molar-refractivity contribution in [1.29, 1.82) is 0 Å². The molecule has 0 amide bonds. The molecule has 0 spiro atoms. The van der Waals surface area contributed by atoms with Gasteiger partial charge in [-0.1, -0.05) is 37.3 Å². The van der Waals surface area contributed by atoms with Gasteiger partial charge in [0.2, 0.25) is 0 Å². The zero-order valence-electron chi connectivity index (χ0n) is 18.2. The fraction of sp³-hybridized carbons (Fsp3) is 0.682. The summed E-state index contributed by atoms with van der Waals surface area (Å²) in [6.07, 6.45) is 1.08. The summed E-state index contributed by atoms with van der Waals surface area (Å²) in [6.45, 7) is 14.9. The predicted octanol–water partition coefficient (Wildman–Crippen LogP) is 2.35. The van der Waals surface area contributed by atoms with E-state index in [2.05, 4.69) is 70.5 Å². The van der Waals surface area contributed by atoms with E-state index in [-0.39, 0.29) is 6.10 Å². The second-order valence-corrected chi connectivity index (χ2v) is 7.48. The normalized spacial score (nSPS) is 18.6. The molecule has 1 aromatic rings. The van der Waals surface area contributed by atoms with Crippen LogP contribution in [0.15, 0.2) is 35.3 Å². The van der Waals surface area contributed by atoms with Gasteiger partial charge in [0.05, 0.1) is 6.10 Å². The van der Waals surface area contributed by atoms with Gasteiger partial charge in [0, 0.05) is 59.0 Å². The zero-order valence-corrected chi connectivity index (χ0v) is 18.2. The van der Waals surface area contributed by atoms with E-state index in [1.807, 2.05) is 13.1 Å². The molecule has 1 saturated heterocycles. The van der Waals surface area contributed by atoms with Crippen LogP contribution in [0.1, 0.15) is 38.9 Å². The maximum absolute atomic E-state index is 5.93. The summed E-state index contributed by atoms with van der Waals surface area (Å²) in [4.78, 5) is 9.41. The van der Waals surface area contributed by atoms with Crippen LogP contribution >= 0.6 is 0 Å². The van der Waals surface area contributed by atoms with E-state index in [4.69, 9.17) is 4.74 Å². The van der Waals surface area contributed by atoms with Crippen molar-refractivity contribution in [1.82, 2.24) is 20.4 Å². The Labute approximate surface area is 171 Å². The van der Waals surface area contributed by atoms with E-state index in [0.717, 1.165) is 51.7 Å².